The van der Waals surface area contributed by atoms with Gasteiger partial charge in [0.05, 0.1) is 7.05 Å². The Morgan fingerprint density at radius 3 is 2.87 bits per heavy atom. The zero-order chi connectivity index (χ0) is 11.4. The van der Waals surface area contributed by atoms with Crippen LogP contribution in [-0.4, -0.2) is 14.5 Å². The Labute approximate surface area is 88.6 Å². The fraction of sp³-hybridized carbons (Fsp3) is 0.500. The number of hydrogen-bond donors (Lipinski definition) is 0. The van der Waals surface area contributed by atoms with Crippen molar-refractivity contribution in [1.82, 2.24) is 9.55 Å². The van der Waals surface area contributed by atoms with Crippen LogP contribution in [0.1, 0.15) is 32.5 Å². The van der Waals surface area contributed by atoms with Crippen LogP contribution in [0.25, 0.3) is 6.08 Å². The first-order valence-corrected chi connectivity index (χ1v) is 4.89. The lowest BCUT2D eigenvalue weighted by molar-refractivity contribution is -0.391. The highest BCUT2D eigenvalue weighted by molar-refractivity contribution is 5.47. The van der Waals surface area contributed by atoms with Crippen molar-refractivity contribution in [1.29, 1.82) is 0 Å². The SMILES string of the molecule is CCC/C(C)=C/c1ncc([N+](=O)[O-])n1C. The normalized spacial score (nSPS) is 11.8. The molecule has 1 aromatic rings. The maximum Gasteiger partial charge on any atom is 0.342 e. The topological polar surface area (TPSA) is 61.0 Å². The maximum atomic E-state index is 10.6. The zero-order valence-corrected chi connectivity index (χ0v) is 9.23. The van der Waals surface area contributed by atoms with E-state index >= 15 is 0 Å². The van der Waals surface area contributed by atoms with E-state index in [4.69, 9.17) is 0 Å². The van der Waals surface area contributed by atoms with Crippen LogP contribution in [-0.2, 0) is 7.05 Å². The molecule has 0 saturated heterocycles. The molecule has 0 aromatic carbocycles. The van der Waals surface area contributed by atoms with Gasteiger partial charge >= 0.3 is 5.82 Å². The molecule has 1 heterocycles. The fourth-order valence-corrected chi connectivity index (χ4v) is 1.41. The number of nitro groups is 1. The van der Waals surface area contributed by atoms with Crippen LogP contribution >= 0.6 is 0 Å². The van der Waals surface area contributed by atoms with Crippen LogP contribution in [0, 0.1) is 10.1 Å². The van der Waals surface area contributed by atoms with Gasteiger partial charge in [-0.15, -0.1) is 0 Å². The highest BCUT2D eigenvalue weighted by Gasteiger charge is 2.14. The Bertz CT molecular complexity index is 393. The van der Waals surface area contributed by atoms with E-state index in [2.05, 4.69) is 11.9 Å². The number of imidazole rings is 1. The summed E-state index contributed by atoms with van der Waals surface area (Å²) in [4.78, 5) is 14.1. The van der Waals surface area contributed by atoms with E-state index in [0.29, 0.717) is 5.82 Å². The third-order valence-electron chi connectivity index (χ3n) is 2.21. The van der Waals surface area contributed by atoms with Crippen molar-refractivity contribution >= 4 is 11.9 Å². The summed E-state index contributed by atoms with van der Waals surface area (Å²) in [7, 11) is 1.65. The van der Waals surface area contributed by atoms with Crippen LogP contribution in [0.3, 0.4) is 0 Å². The minimum Gasteiger partial charge on any atom is -0.358 e. The summed E-state index contributed by atoms with van der Waals surface area (Å²) in [5, 5.41) is 10.6. The van der Waals surface area contributed by atoms with Crippen molar-refractivity contribution in [3.8, 4) is 0 Å². The molecule has 1 rings (SSSR count). The first-order valence-electron chi connectivity index (χ1n) is 4.89. The van der Waals surface area contributed by atoms with Crippen molar-refractivity contribution in [2.75, 3.05) is 0 Å². The lowest BCUT2D eigenvalue weighted by atomic mass is 10.1. The molecule has 0 aliphatic carbocycles. The first kappa shape index (κ1) is 11.4. The number of nitrogens with zero attached hydrogens (tertiary/aromatic N) is 3. The summed E-state index contributed by atoms with van der Waals surface area (Å²) in [5.41, 5.74) is 1.18. The van der Waals surface area contributed by atoms with Crippen LogP contribution in [0.2, 0.25) is 0 Å². The van der Waals surface area contributed by atoms with Gasteiger partial charge in [0.1, 0.15) is 6.20 Å². The van der Waals surface area contributed by atoms with Gasteiger partial charge in [-0.3, -0.25) is 0 Å². The van der Waals surface area contributed by atoms with E-state index in [0.717, 1.165) is 12.8 Å². The van der Waals surface area contributed by atoms with Gasteiger partial charge in [-0.25, -0.2) is 9.55 Å². The van der Waals surface area contributed by atoms with Crippen LogP contribution in [0.5, 0.6) is 0 Å². The largest absolute Gasteiger partial charge is 0.358 e. The lowest BCUT2D eigenvalue weighted by Gasteiger charge is -1.97. The molecule has 0 bridgehead atoms. The molecule has 0 fully saturated rings. The molecule has 5 heteroatoms. The number of aromatic nitrogens is 2. The molecule has 5 nitrogen and oxygen atoms in total. The summed E-state index contributed by atoms with van der Waals surface area (Å²) in [6.07, 6.45) is 5.22. The fourth-order valence-electron chi connectivity index (χ4n) is 1.41. The molecular weight excluding hydrogens is 194 g/mol. The molecule has 0 aliphatic rings. The Morgan fingerprint density at radius 2 is 2.40 bits per heavy atom. The number of allylic oxidation sites excluding steroid dienone is 1. The molecule has 0 unspecified atom stereocenters. The van der Waals surface area contributed by atoms with E-state index in [9.17, 15) is 10.1 Å². The molecule has 15 heavy (non-hydrogen) atoms. The van der Waals surface area contributed by atoms with Gasteiger partial charge in [0.2, 0.25) is 5.82 Å². The summed E-state index contributed by atoms with van der Waals surface area (Å²) < 4.78 is 1.49. The maximum absolute atomic E-state index is 10.6. The van der Waals surface area contributed by atoms with Crippen LogP contribution in [0.4, 0.5) is 5.82 Å². The quantitative estimate of drug-likeness (QED) is 0.565. The molecule has 0 saturated carbocycles. The van der Waals surface area contributed by atoms with Crippen molar-refractivity contribution in [2.24, 2.45) is 7.05 Å². The Balaban J connectivity index is 2.97. The van der Waals surface area contributed by atoms with Crippen molar-refractivity contribution < 1.29 is 4.92 Å². The molecule has 0 atom stereocenters. The van der Waals surface area contributed by atoms with Crippen molar-refractivity contribution in [3.63, 3.8) is 0 Å². The van der Waals surface area contributed by atoms with Gasteiger partial charge in [0.15, 0.2) is 0 Å². The second-order valence-corrected chi connectivity index (χ2v) is 3.53. The Morgan fingerprint density at radius 1 is 1.73 bits per heavy atom. The van der Waals surface area contributed by atoms with Crippen molar-refractivity contribution in [3.05, 3.63) is 27.7 Å². The summed E-state index contributed by atoms with van der Waals surface area (Å²) >= 11 is 0. The third-order valence-corrected chi connectivity index (χ3v) is 2.21. The van der Waals surface area contributed by atoms with Gasteiger partial charge in [0.25, 0.3) is 0 Å². The van der Waals surface area contributed by atoms with E-state index in [1.807, 2.05) is 13.0 Å². The minimum atomic E-state index is -0.431. The molecule has 1 aromatic heterocycles. The van der Waals surface area contributed by atoms with Gasteiger partial charge in [-0.05, 0) is 18.3 Å². The van der Waals surface area contributed by atoms with Crippen molar-refractivity contribution in [2.45, 2.75) is 26.7 Å². The lowest BCUT2D eigenvalue weighted by Crippen LogP contribution is -1.98. The molecule has 0 aliphatic heterocycles. The van der Waals surface area contributed by atoms with Gasteiger partial charge in [-0.1, -0.05) is 18.9 Å². The zero-order valence-electron chi connectivity index (χ0n) is 9.23. The van der Waals surface area contributed by atoms with E-state index in [1.54, 1.807) is 7.05 Å². The number of hydrogen-bond acceptors (Lipinski definition) is 3. The van der Waals surface area contributed by atoms with Gasteiger partial charge in [0, 0.05) is 6.08 Å². The van der Waals surface area contributed by atoms with Gasteiger partial charge in [-0.2, -0.15) is 0 Å². The van der Waals surface area contributed by atoms with E-state index in [-0.39, 0.29) is 5.82 Å². The second kappa shape index (κ2) is 4.72. The third kappa shape index (κ3) is 2.65. The molecule has 0 N–H and O–H groups in total. The van der Waals surface area contributed by atoms with Crippen LogP contribution in [0.15, 0.2) is 11.8 Å². The second-order valence-electron chi connectivity index (χ2n) is 3.53. The highest BCUT2D eigenvalue weighted by Crippen LogP contribution is 2.15. The Hall–Kier alpha value is -1.65. The minimum absolute atomic E-state index is 0.0190. The summed E-state index contributed by atoms with van der Waals surface area (Å²) in [6.45, 7) is 4.10. The molecule has 82 valence electrons. The molecule has 0 amide bonds. The monoisotopic (exact) mass is 209 g/mol. The number of rotatable bonds is 4. The standard InChI is InChI=1S/C10H15N3O2/c1-4-5-8(2)6-9-11-7-10(12(9)3)13(14)15/h6-7H,4-5H2,1-3H3/b8-6+. The predicted molar refractivity (Wildman–Crippen MR) is 58.4 cm³/mol. The first-order chi connectivity index (χ1) is 7.06. The smallest absolute Gasteiger partial charge is 0.342 e. The van der Waals surface area contributed by atoms with Gasteiger partial charge < -0.3 is 10.1 Å². The predicted octanol–water partition coefficient (Wildman–Crippen LogP) is 2.53. The molecule has 0 radical (unpaired) electrons. The summed E-state index contributed by atoms with van der Waals surface area (Å²) in [5.74, 6) is 0.651. The summed E-state index contributed by atoms with van der Waals surface area (Å²) in [6, 6.07) is 0. The van der Waals surface area contributed by atoms with E-state index < -0.39 is 4.92 Å². The molecule has 0 spiro atoms. The molecular formula is C10H15N3O2. The average molecular weight is 209 g/mol. The highest BCUT2D eigenvalue weighted by atomic mass is 16.6. The van der Waals surface area contributed by atoms with Crippen LogP contribution < -0.4 is 0 Å². The average Bonchev–Trinajstić information content (AvgIpc) is 2.48. The Kier molecular flexibility index (Phi) is 3.60. The van der Waals surface area contributed by atoms with E-state index in [1.165, 1.54) is 16.3 Å².